The van der Waals surface area contributed by atoms with E-state index in [1.54, 1.807) is 36.4 Å². The van der Waals surface area contributed by atoms with E-state index in [0.29, 0.717) is 32.2 Å². The van der Waals surface area contributed by atoms with E-state index in [1.807, 2.05) is 0 Å². The van der Waals surface area contributed by atoms with E-state index in [1.165, 1.54) is 13.2 Å². The smallest absolute Gasteiger partial charge is 0.294 e. The SMILES string of the molecule is C#CCOc1c(/C=C2/SC(=O)N(CC(=O)Nc3cccc(Cl)c3)C2=O)cc(Br)cc1OC. The topological polar surface area (TPSA) is 84.9 Å². The van der Waals surface area contributed by atoms with Gasteiger partial charge in [-0.2, -0.15) is 0 Å². The average Bonchev–Trinajstić information content (AvgIpc) is 3.00. The molecule has 1 heterocycles. The quantitative estimate of drug-likeness (QED) is 0.405. The molecule has 2 aromatic carbocycles. The zero-order valence-corrected chi connectivity index (χ0v) is 19.8. The molecule has 2 aromatic rings. The predicted octanol–water partition coefficient (Wildman–Crippen LogP) is 4.80. The molecule has 0 saturated carbocycles. The summed E-state index contributed by atoms with van der Waals surface area (Å²) in [6, 6.07) is 9.94. The van der Waals surface area contributed by atoms with Crippen LogP contribution in [0.3, 0.4) is 0 Å². The lowest BCUT2D eigenvalue weighted by molar-refractivity contribution is -0.127. The molecule has 0 aliphatic carbocycles. The number of anilines is 1. The highest BCUT2D eigenvalue weighted by Gasteiger charge is 2.36. The monoisotopic (exact) mass is 534 g/mol. The Kier molecular flexibility index (Phi) is 7.85. The zero-order valence-electron chi connectivity index (χ0n) is 16.7. The van der Waals surface area contributed by atoms with Gasteiger partial charge in [-0.15, -0.1) is 6.42 Å². The summed E-state index contributed by atoms with van der Waals surface area (Å²) >= 11 is 10.0. The van der Waals surface area contributed by atoms with Crippen molar-refractivity contribution < 1.29 is 23.9 Å². The number of benzene rings is 2. The molecule has 7 nitrogen and oxygen atoms in total. The van der Waals surface area contributed by atoms with Crippen molar-refractivity contribution in [2.75, 3.05) is 25.6 Å². The van der Waals surface area contributed by atoms with E-state index >= 15 is 0 Å². The molecular formula is C22H16BrClN2O5S. The van der Waals surface area contributed by atoms with Crippen molar-refractivity contribution in [2.45, 2.75) is 0 Å². The minimum absolute atomic E-state index is 0.00994. The molecule has 3 rings (SSSR count). The molecule has 3 amide bonds. The molecule has 1 fully saturated rings. The molecular weight excluding hydrogens is 520 g/mol. The number of hydrogen-bond acceptors (Lipinski definition) is 6. The highest BCUT2D eigenvalue weighted by atomic mass is 79.9. The standard InChI is InChI=1S/C22H16BrClN2O5S/c1-3-7-31-20-13(8-14(23)10-17(20)30-2)9-18-21(28)26(22(29)32-18)12-19(27)25-16-6-4-5-15(24)11-16/h1,4-6,8-11H,7,12H2,2H3,(H,25,27)/b18-9+. The van der Waals surface area contributed by atoms with Crippen molar-refractivity contribution in [2.24, 2.45) is 0 Å². The fourth-order valence-electron chi connectivity index (χ4n) is 2.80. The lowest BCUT2D eigenvalue weighted by Gasteiger charge is -2.13. The molecule has 10 heteroatoms. The molecule has 1 N–H and O–H groups in total. The number of terminal acetylenes is 1. The number of nitrogens with zero attached hydrogens (tertiary/aromatic N) is 1. The first-order chi connectivity index (χ1) is 15.3. The predicted molar refractivity (Wildman–Crippen MR) is 128 cm³/mol. The van der Waals surface area contributed by atoms with Gasteiger partial charge in [-0.25, -0.2) is 0 Å². The molecule has 0 unspecified atom stereocenters. The van der Waals surface area contributed by atoms with Crippen LogP contribution in [0.2, 0.25) is 5.02 Å². The highest BCUT2D eigenvalue weighted by molar-refractivity contribution is 9.10. The van der Waals surface area contributed by atoms with E-state index in [2.05, 4.69) is 27.2 Å². The summed E-state index contributed by atoms with van der Waals surface area (Å²) in [5, 5.41) is 2.50. The van der Waals surface area contributed by atoms with E-state index in [4.69, 9.17) is 27.5 Å². The average molecular weight is 536 g/mol. The van der Waals surface area contributed by atoms with Gasteiger partial charge in [-0.05, 0) is 48.2 Å². The fraction of sp³-hybridized carbons (Fsp3) is 0.136. The Morgan fingerprint density at radius 1 is 1.34 bits per heavy atom. The summed E-state index contributed by atoms with van der Waals surface area (Å²) in [4.78, 5) is 38.6. The number of hydrogen-bond donors (Lipinski definition) is 1. The van der Waals surface area contributed by atoms with Crippen LogP contribution in [-0.2, 0) is 9.59 Å². The van der Waals surface area contributed by atoms with E-state index in [-0.39, 0.29) is 11.5 Å². The zero-order chi connectivity index (χ0) is 23.3. The van der Waals surface area contributed by atoms with E-state index < -0.39 is 23.6 Å². The van der Waals surface area contributed by atoms with Gasteiger partial charge in [-0.3, -0.25) is 19.3 Å². The number of nitrogens with one attached hydrogen (secondary N) is 1. The van der Waals surface area contributed by atoms with Gasteiger partial charge in [0.2, 0.25) is 5.91 Å². The maximum absolute atomic E-state index is 12.8. The molecule has 0 spiro atoms. The van der Waals surface area contributed by atoms with Gasteiger partial charge < -0.3 is 14.8 Å². The van der Waals surface area contributed by atoms with Crippen LogP contribution in [-0.4, -0.2) is 42.2 Å². The van der Waals surface area contributed by atoms with E-state index in [9.17, 15) is 14.4 Å². The number of rotatable bonds is 7. The van der Waals surface area contributed by atoms with Crippen molar-refractivity contribution in [3.05, 3.63) is 56.4 Å². The summed E-state index contributed by atoms with van der Waals surface area (Å²) < 4.78 is 11.6. The molecule has 32 heavy (non-hydrogen) atoms. The van der Waals surface area contributed by atoms with Gasteiger partial charge >= 0.3 is 0 Å². The summed E-state index contributed by atoms with van der Waals surface area (Å²) in [5.41, 5.74) is 0.946. The molecule has 0 bridgehead atoms. The van der Waals surface area contributed by atoms with Gasteiger partial charge in [0.15, 0.2) is 11.5 Å². The van der Waals surface area contributed by atoms with E-state index in [0.717, 1.165) is 16.7 Å². The number of carbonyl (C=O) groups is 3. The fourth-order valence-corrected chi connectivity index (χ4v) is 4.28. The number of imide groups is 1. The third kappa shape index (κ3) is 5.65. The summed E-state index contributed by atoms with van der Waals surface area (Å²) in [7, 11) is 1.47. The Hall–Kier alpha value is -2.93. The second-order valence-electron chi connectivity index (χ2n) is 6.35. The minimum atomic E-state index is -0.594. The maximum atomic E-state index is 12.8. The molecule has 1 aliphatic heterocycles. The largest absolute Gasteiger partial charge is 0.493 e. The molecule has 0 atom stereocenters. The second kappa shape index (κ2) is 10.6. The number of ether oxygens (including phenoxy) is 2. The van der Waals surface area contributed by atoms with Crippen LogP contribution in [0.15, 0.2) is 45.8 Å². The van der Waals surface area contributed by atoms with Crippen molar-refractivity contribution in [3.8, 4) is 23.8 Å². The molecule has 0 aromatic heterocycles. The number of carbonyl (C=O) groups excluding carboxylic acids is 3. The normalized spacial score (nSPS) is 14.4. The Labute approximate surface area is 202 Å². The molecule has 1 saturated heterocycles. The van der Waals surface area contributed by atoms with Crippen molar-refractivity contribution in [1.29, 1.82) is 0 Å². The minimum Gasteiger partial charge on any atom is -0.493 e. The Morgan fingerprint density at radius 2 is 2.12 bits per heavy atom. The van der Waals surface area contributed by atoms with Crippen molar-refractivity contribution in [3.63, 3.8) is 0 Å². The van der Waals surface area contributed by atoms with Crippen LogP contribution < -0.4 is 14.8 Å². The molecule has 0 radical (unpaired) electrons. The first-order valence-corrected chi connectivity index (χ1v) is 11.1. The first kappa shape index (κ1) is 23.7. The third-order valence-electron chi connectivity index (χ3n) is 4.14. The van der Waals surface area contributed by atoms with Gasteiger partial charge in [0, 0.05) is 20.7 Å². The van der Waals surface area contributed by atoms with Crippen LogP contribution in [0.4, 0.5) is 10.5 Å². The van der Waals surface area contributed by atoms with Gasteiger partial charge in [0.25, 0.3) is 11.1 Å². The van der Waals surface area contributed by atoms with Gasteiger partial charge in [0.1, 0.15) is 13.2 Å². The Balaban J connectivity index is 1.82. The highest BCUT2D eigenvalue weighted by Crippen LogP contribution is 2.39. The van der Waals surface area contributed by atoms with Crippen LogP contribution in [0.25, 0.3) is 6.08 Å². The van der Waals surface area contributed by atoms with Gasteiger partial charge in [-0.1, -0.05) is 39.5 Å². The molecule has 1 aliphatic rings. The first-order valence-electron chi connectivity index (χ1n) is 9.07. The summed E-state index contributed by atoms with van der Waals surface area (Å²) in [6.45, 7) is -0.444. The number of amides is 3. The Morgan fingerprint density at radius 3 is 2.81 bits per heavy atom. The van der Waals surface area contributed by atoms with Crippen LogP contribution in [0, 0.1) is 12.3 Å². The van der Waals surface area contributed by atoms with Crippen molar-refractivity contribution in [1.82, 2.24) is 4.90 Å². The maximum Gasteiger partial charge on any atom is 0.294 e. The van der Waals surface area contributed by atoms with Crippen LogP contribution in [0.1, 0.15) is 5.56 Å². The number of halogens is 2. The van der Waals surface area contributed by atoms with Crippen LogP contribution >= 0.6 is 39.3 Å². The Bertz CT molecular complexity index is 1160. The molecule has 164 valence electrons. The van der Waals surface area contributed by atoms with Crippen molar-refractivity contribution >= 4 is 68.1 Å². The van der Waals surface area contributed by atoms with Crippen LogP contribution in [0.5, 0.6) is 11.5 Å². The third-order valence-corrected chi connectivity index (χ3v) is 5.74. The van der Waals surface area contributed by atoms with Gasteiger partial charge in [0.05, 0.1) is 12.0 Å². The summed E-state index contributed by atoms with van der Waals surface area (Å²) in [6.07, 6.45) is 6.78. The lowest BCUT2D eigenvalue weighted by atomic mass is 10.1. The lowest BCUT2D eigenvalue weighted by Crippen LogP contribution is -2.36. The second-order valence-corrected chi connectivity index (χ2v) is 8.69. The summed E-state index contributed by atoms with van der Waals surface area (Å²) in [5.74, 6) is 1.99. The number of thioether (sulfide) groups is 1. The number of methoxy groups -OCH3 is 1.